The van der Waals surface area contributed by atoms with Gasteiger partial charge in [-0.1, -0.05) is 0 Å². The van der Waals surface area contributed by atoms with E-state index in [4.69, 9.17) is 4.74 Å². The number of nitrogens with one attached hydrogen (secondary N) is 1. The number of anilines is 2. The van der Waals surface area contributed by atoms with E-state index in [0.29, 0.717) is 37.7 Å². The van der Waals surface area contributed by atoms with Gasteiger partial charge < -0.3 is 20.1 Å². The first-order valence-corrected chi connectivity index (χ1v) is 11.4. The van der Waals surface area contributed by atoms with Gasteiger partial charge in [0, 0.05) is 37.4 Å². The summed E-state index contributed by atoms with van der Waals surface area (Å²) in [5.41, 5.74) is 1.08. The lowest BCUT2D eigenvalue weighted by atomic mass is 10.1. The molecule has 10 heteroatoms. The quantitative estimate of drug-likeness (QED) is 0.672. The molecule has 2 aliphatic heterocycles. The van der Waals surface area contributed by atoms with Gasteiger partial charge in [0.25, 0.3) is 0 Å². The average Bonchev–Trinajstić information content (AvgIpc) is 3.18. The maximum atomic E-state index is 12.7. The van der Waals surface area contributed by atoms with E-state index in [2.05, 4.69) is 5.32 Å². The second kappa shape index (κ2) is 8.66. The number of phenols is 1. The fraction of sp³-hybridized carbons (Fsp3) is 0.333. The minimum absolute atomic E-state index is 0.0672. The van der Waals surface area contributed by atoms with Crippen molar-refractivity contribution in [2.24, 2.45) is 5.92 Å². The van der Waals surface area contributed by atoms with Gasteiger partial charge in [0.2, 0.25) is 21.8 Å². The van der Waals surface area contributed by atoms with Crippen LogP contribution in [0, 0.1) is 5.92 Å². The Bertz CT molecular complexity index is 1060. The van der Waals surface area contributed by atoms with Crippen molar-refractivity contribution in [1.82, 2.24) is 4.31 Å². The molecule has 2 N–H and O–H groups in total. The SMILES string of the molecule is O=C(Nc1ccc(O)cc1)C1CC(=O)N(c2ccc(S(=O)(=O)N3CCOCC3)cc2)C1. The molecule has 0 saturated carbocycles. The highest BCUT2D eigenvalue weighted by atomic mass is 32.2. The van der Waals surface area contributed by atoms with Gasteiger partial charge >= 0.3 is 0 Å². The van der Waals surface area contributed by atoms with Crippen LogP contribution in [0.25, 0.3) is 0 Å². The van der Waals surface area contributed by atoms with Gasteiger partial charge in [-0.2, -0.15) is 4.31 Å². The Hall–Kier alpha value is -2.95. The molecule has 2 amide bonds. The van der Waals surface area contributed by atoms with Crippen LogP contribution in [0.3, 0.4) is 0 Å². The highest BCUT2D eigenvalue weighted by Crippen LogP contribution is 2.28. The minimum Gasteiger partial charge on any atom is -0.508 e. The second-order valence-corrected chi connectivity index (χ2v) is 9.39. The number of ether oxygens (including phenoxy) is 1. The van der Waals surface area contributed by atoms with Crippen LogP contribution >= 0.6 is 0 Å². The van der Waals surface area contributed by atoms with Crippen molar-refractivity contribution in [3.63, 3.8) is 0 Å². The summed E-state index contributed by atoms with van der Waals surface area (Å²) >= 11 is 0. The number of sulfonamides is 1. The van der Waals surface area contributed by atoms with Crippen LogP contribution in [0.1, 0.15) is 6.42 Å². The van der Waals surface area contributed by atoms with E-state index in [0.717, 1.165) is 0 Å². The van der Waals surface area contributed by atoms with E-state index in [-0.39, 0.29) is 35.4 Å². The maximum absolute atomic E-state index is 12.7. The van der Waals surface area contributed by atoms with E-state index in [1.807, 2.05) is 0 Å². The molecule has 0 aliphatic carbocycles. The number of hydrogen-bond acceptors (Lipinski definition) is 6. The molecule has 2 aliphatic rings. The van der Waals surface area contributed by atoms with Gasteiger partial charge in [-0.05, 0) is 48.5 Å². The second-order valence-electron chi connectivity index (χ2n) is 7.45. The van der Waals surface area contributed by atoms with Crippen LogP contribution in [0.4, 0.5) is 11.4 Å². The van der Waals surface area contributed by atoms with Gasteiger partial charge in [-0.3, -0.25) is 9.59 Å². The summed E-state index contributed by atoms with van der Waals surface area (Å²) in [6.07, 6.45) is 0.0672. The van der Waals surface area contributed by atoms with Crippen LogP contribution in [-0.2, 0) is 24.3 Å². The Balaban J connectivity index is 1.43. The molecular weight excluding hydrogens is 422 g/mol. The number of carbonyl (C=O) groups excluding carboxylic acids is 2. The maximum Gasteiger partial charge on any atom is 0.243 e. The molecule has 0 radical (unpaired) electrons. The van der Waals surface area contributed by atoms with Crippen LogP contribution in [-0.4, -0.2) is 62.5 Å². The molecule has 4 rings (SSSR count). The number of phenolic OH excluding ortho intramolecular Hbond substituents is 1. The first kappa shape index (κ1) is 21.3. The number of morpholine rings is 1. The van der Waals surface area contributed by atoms with Gasteiger partial charge in [-0.15, -0.1) is 0 Å². The molecule has 31 heavy (non-hydrogen) atoms. The molecule has 0 spiro atoms. The Morgan fingerprint density at radius 2 is 1.68 bits per heavy atom. The van der Waals surface area contributed by atoms with Crippen LogP contribution in [0.2, 0.25) is 0 Å². The summed E-state index contributed by atoms with van der Waals surface area (Å²) in [5.74, 6) is -0.917. The Labute approximate surface area is 180 Å². The zero-order chi connectivity index (χ0) is 22.0. The molecule has 2 fully saturated rings. The Morgan fingerprint density at radius 3 is 2.32 bits per heavy atom. The lowest BCUT2D eigenvalue weighted by Crippen LogP contribution is -2.40. The normalized spacial score (nSPS) is 20.1. The molecule has 2 heterocycles. The third-order valence-corrected chi connectivity index (χ3v) is 7.30. The van der Waals surface area contributed by atoms with Crippen LogP contribution < -0.4 is 10.2 Å². The molecule has 9 nitrogen and oxygen atoms in total. The third-order valence-electron chi connectivity index (χ3n) is 5.39. The van der Waals surface area contributed by atoms with Crippen molar-refractivity contribution in [3.05, 3.63) is 48.5 Å². The summed E-state index contributed by atoms with van der Waals surface area (Å²) in [4.78, 5) is 26.7. The zero-order valence-electron chi connectivity index (χ0n) is 16.7. The predicted octanol–water partition coefficient (Wildman–Crippen LogP) is 1.40. The smallest absolute Gasteiger partial charge is 0.243 e. The number of carbonyl (C=O) groups is 2. The predicted molar refractivity (Wildman–Crippen MR) is 113 cm³/mol. The van der Waals surface area contributed by atoms with Crippen molar-refractivity contribution < 1.29 is 27.9 Å². The molecular formula is C21H23N3O6S. The van der Waals surface area contributed by atoms with Crippen LogP contribution in [0.5, 0.6) is 5.75 Å². The molecule has 2 saturated heterocycles. The number of aromatic hydroxyl groups is 1. The summed E-state index contributed by atoms with van der Waals surface area (Å²) in [6, 6.07) is 12.2. The van der Waals surface area contributed by atoms with Crippen molar-refractivity contribution >= 4 is 33.2 Å². The molecule has 0 bridgehead atoms. The van der Waals surface area contributed by atoms with E-state index < -0.39 is 15.9 Å². The monoisotopic (exact) mass is 445 g/mol. The lowest BCUT2D eigenvalue weighted by molar-refractivity contribution is -0.122. The van der Waals surface area contributed by atoms with Gasteiger partial charge in [-0.25, -0.2) is 8.42 Å². The van der Waals surface area contributed by atoms with Crippen molar-refractivity contribution in [3.8, 4) is 5.75 Å². The average molecular weight is 445 g/mol. The first-order chi connectivity index (χ1) is 14.8. The fourth-order valence-corrected chi connectivity index (χ4v) is 5.06. The summed E-state index contributed by atoms with van der Waals surface area (Å²) < 4.78 is 32.1. The summed E-state index contributed by atoms with van der Waals surface area (Å²) in [7, 11) is -3.61. The minimum atomic E-state index is -3.61. The molecule has 0 aromatic heterocycles. The molecule has 2 aromatic rings. The number of rotatable bonds is 5. The molecule has 164 valence electrons. The summed E-state index contributed by atoms with van der Waals surface area (Å²) in [5, 5.41) is 12.1. The highest BCUT2D eigenvalue weighted by Gasteiger charge is 2.35. The summed E-state index contributed by atoms with van der Waals surface area (Å²) in [6.45, 7) is 1.57. The number of benzene rings is 2. The number of amides is 2. The molecule has 2 aromatic carbocycles. The topological polar surface area (TPSA) is 116 Å². The largest absolute Gasteiger partial charge is 0.508 e. The van der Waals surface area contributed by atoms with E-state index in [1.165, 1.54) is 33.5 Å². The zero-order valence-corrected chi connectivity index (χ0v) is 17.5. The van der Waals surface area contributed by atoms with Gasteiger partial charge in [0.05, 0.1) is 24.0 Å². The highest BCUT2D eigenvalue weighted by molar-refractivity contribution is 7.89. The van der Waals surface area contributed by atoms with Crippen LogP contribution in [0.15, 0.2) is 53.4 Å². The fourth-order valence-electron chi connectivity index (χ4n) is 3.66. The molecule has 1 unspecified atom stereocenters. The standard InChI is InChI=1S/C21H23N3O6S/c25-18-5-1-16(2-6-18)22-21(27)15-13-20(26)24(14-15)17-3-7-19(8-4-17)31(28,29)23-9-11-30-12-10-23/h1-8,15,25H,9-14H2,(H,22,27). The molecule has 1 atom stereocenters. The van der Waals surface area contributed by atoms with E-state index in [1.54, 1.807) is 24.3 Å². The van der Waals surface area contributed by atoms with Crippen molar-refractivity contribution in [2.45, 2.75) is 11.3 Å². The van der Waals surface area contributed by atoms with Gasteiger partial charge in [0.1, 0.15) is 5.75 Å². The lowest BCUT2D eigenvalue weighted by Gasteiger charge is -2.26. The van der Waals surface area contributed by atoms with Crippen molar-refractivity contribution in [1.29, 1.82) is 0 Å². The number of hydrogen-bond donors (Lipinski definition) is 2. The Kier molecular flexibility index (Phi) is 5.94. The van der Waals surface area contributed by atoms with E-state index >= 15 is 0 Å². The third kappa shape index (κ3) is 4.55. The van der Waals surface area contributed by atoms with Crippen molar-refractivity contribution in [2.75, 3.05) is 43.1 Å². The first-order valence-electron chi connectivity index (χ1n) is 9.93. The Morgan fingerprint density at radius 1 is 1.03 bits per heavy atom. The van der Waals surface area contributed by atoms with E-state index in [9.17, 15) is 23.1 Å². The van der Waals surface area contributed by atoms with Gasteiger partial charge in [0.15, 0.2) is 0 Å². The number of nitrogens with zero attached hydrogens (tertiary/aromatic N) is 2.